The fourth-order valence-electron chi connectivity index (χ4n) is 3.09. The zero-order chi connectivity index (χ0) is 20.2. The number of ether oxygens (including phenoxy) is 1. The number of benzene rings is 2. The van der Waals surface area contributed by atoms with Gasteiger partial charge in [-0.2, -0.15) is 0 Å². The predicted molar refractivity (Wildman–Crippen MR) is 111 cm³/mol. The average Bonchev–Trinajstić information content (AvgIpc) is 2.79. The van der Waals surface area contributed by atoms with Gasteiger partial charge in [0.1, 0.15) is 5.75 Å². The number of aromatic nitrogens is 1. The number of carbonyl (C=O) groups is 1. The van der Waals surface area contributed by atoms with E-state index < -0.39 is 0 Å². The number of ketones is 1. The summed E-state index contributed by atoms with van der Waals surface area (Å²) in [6.45, 7) is 1.56. The van der Waals surface area contributed by atoms with Gasteiger partial charge in [-0.05, 0) is 36.8 Å². The van der Waals surface area contributed by atoms with Gasteiger partial charge in [0.2, 0.25) is 0 Å². The molecule has 29 heavy (non-hydrogen) atoms. The minimum absolute atomic E-state index is 0.00619. The molecule has 6 nitrogen and oxygen atoms in total. The summed E-state index contributed by atoms with van der Waals surface area (Å²) in [5, 5.41) is 10.0. The molecule has 2 aromatic carbocycles. The highest BCUT2D eigenvalue weighted by molar-refractivity contribution is 6.01. The first-order chi connectivity index (χ1) is 14.2. The highest BCUT2D eigenvalue weighted by Crippen LogP contribution is 2.36. The van der Waals surface area contributed by atoms with Crippen LogP contribution in [0.2, 0.25) is 0 Å². The molecule has 0 amide bonds. The van der Waals surface area contributed by atoms with Crippen LogP contribution in [0.3, 0.4) is 0 Å². The topological polar surface area (TPSA) is 67.2 Å². The number of hydrogen-bond acceptors (Lipinski definition) is 6. The Labute approximate surface area is 168 Å². The molecule has 1 aromatic heterocycles. The van der Waals surface area contributed by atoms with Gasteiger partial charge in [-0.1, -0.05) is 41.3 Å². The first kappa shape index (κ1) is 18.3. The standard InChI is InChI=1S/C23H18N4O2/c1-16(28)18-7-3-4-8-19(18)20-11-10-17(15-23(20)29-2)27-14-12-22(25-26-27)21-9-5-6-13-24-21/h3-11,13-15H,1-2H3. The summed E-state index contributed by atoms with van der Waals surface area (Å²) in [4.78, 5) is 16.3. The van der Waals surface area contributed by atoms with Crippen molar-refractivity contribution in [2.75, 3.05) is 12.1 Å². The summed E-state index contributed by atoms with van der Waals surface area (Å²) in [6, 6.07) is 18.7. The van der Waals surface area contributed by atoms with Crippen molar-refractivity contribution in [3.63, 3.8) is 0 Å². The molecule has 3 aromatic rings. The third-order valence-corrected chi connectivity index (χ3v) is 4.52. The van der Waals surface area contributed by atoms with Crippen molar-refractivity contribution < 1.29 is 9.53 Å². The van der Waals surface area contributed by atoms with Gasteiger partial charge in [0.15, 0.2) is 11.5 Å². The Morgan fingerprint density at radius 2 is 1.86 bits per heavy atom. The fourth-order valence-corrected chi connectivity index (χ4v) is 3.09. The number of nitrogens with zero attached hydrogens (tertiary/aromatic N) is 4. The van der Waals surface area contributed by atoms with E-state index in [0.717, 1.165) is 16.8 Å². The lowest BCUT2D eigenvalue weighted by Gasteiger charge is -2.18. The highest BCUT2D eigenvalue weighted by atomic mass is 16.5. The lowest BCUT2D eigenvalue weighted by atomic mass is 9.96. The number of carbonyl (C=O) groups excluding carboxylic acids is 1. The molecule has 0 N–H and O–H groups in total. The largest absolute Gasteiger partial charge is 0.496 e. The monoisotopic (exact) mass is 382 g/mol. The van der Waals surface area contributed by atoms with Crippen LogP contribution in [0.25, 0.3) is 16.8 Å². The van der Waals surface area contributed by atoms with Gasteiger partial charge >= 0.3 is 0 Å². The van der Waals surface area contributed by atoms with Crippen molar-refractivity contribution >= 4 is 17.2 Å². The van der Waals surface area contributed by atoms with Crippen molar-refractivity contribution in [3.8, 4) is 16.9 Å². The van der Waals surface area contributed by atoms with Gasteiger partial charge in [-0.15, -0.1) is 5.11 Å². The van der Waals surface area contributed by atoms with E-state index in [4.69, 9.17) is 4.74 Å². The molecule has 1 aliphatic rings. The number of anilines is 1. The van der Waals surface area contributed by atoms with Crippen LogP contribution in [0.1, 0.15) is 23.0 Å². The van der Waals surface area contributed by atoms with Gasteiger partial charge in [0, 0.05) is 23.4 Å². The van der Waals surface area contributed by atoms with Crippen LogP contribution >= 0.6 is 0 Å². The second-order valence-corrected chi connectivity index (χ2v) is 6.36. The maximum atomic E-state index is 12.0. The maximum Gasteiger partial charge on any atom is 0.160 e. The van der Waals surface area contributed by atoms with E-state index in [9.17, 15) is 4.79 Å². The molecule has 0 bridgehead atoms. The molecule has 0 saturated carbocycles. The predicted octanol–water partition coefficient (Wildman–Crippen LogP) is 5.30. The maximum absolute atomic E-state index is 12.0. The molecule has 6 heteroatoms. The van der Waals surface area contributed by atoms with E-state index in [1.54, 1.807) is 31.4 Å². The molecule has 1 aliphatic heterocycles. The fraction of sp³-hybridized carbons (Fsp3) is 0.0870. The molecule has 0 radical (unpaired) electrons. The number of methoxy groups -OCH3 is 1. The van der Waals surface area contributed by atoms with E-state index in [1.807, 2.05) is 60.7 Å². The lowest BCUT2D eigenvalue weighted by Crippen LogP contribution is -2.08. The molecule has 0 fully saturated rings. The third-order valence-electron chi connectivity index (χ3n) is 4.52. The van der Waals surface area contributed by atoms with Gasteiger partial charge < -0.3 is 4.74 Å². The van der Waals surface area contributed by atoms with Gasteiger partial charge in [0.05, 0.1) is 24.7 Å². The Morgan fingerprint density at radius 3 is 2.55 bits per heavy atom. The second-order valence-electron chi connectivity index (χ2n) is 6.36. The number of rotatable bonds is 5. The SMILES string of the molecule is COc1cc(N2C=C=C(c3ccccn3)N=N2)ccc1-c1ccccc1C(C)=O. The summed E-state index contributed by atoms with van der Waals surface area (Å²) < 4.78 is 5.60. The van der Waals surface area contributed by atoms with Crippen LogP contribution in [0, 0.1) is 0 Å². The van der Waals surface area contributed by atoms with Gasteiger partial charge in [0.25, 0.3) is 0 Å². The van der Waals surface area contributed by atoms with E-state index in [0.29, 0.717) is 22.7 Å². The highest BCUT2D eigenvalue weighted by Gasteiger charge is 2.16. The van der Waals surface area contributed by atoms with Crippen molar-refractivity contribution in [2.24, 2.45) is 10.3 Å². The van der Waals surface area contributed by atoms with Crippen molar-refractivity contribution in [1.82, 2.24) is 4.98 Å². The third kappa shape index (κ3) is 3.70. The summed E-state index contributed by atoms with van der Waals surface area (Å²) in [6.07, 6.45) is 3.41. The Hall–Kier alpha value is -4.02. The van der Waals surface area contributed by atoms with Gasteiger partial charge in [-0.3, -0.25) is 9.78 Å². The average molecular weight is 382 g/mol. The lowest BCUT2D eigenvalue weighted by molar-refractivity contribution is 0.101. The van der Waals surface area contributed by atoms with Crippen LogP contribution in [0.15, 0.2) is 89.1 Å². The molecule has 142 valence electrons. The molecule has 0 aliphatic carbocycles. The van der Waals surface area contributed by atoms with Crippen molar-refractivity contribution in [2.45, 2.75) is 6.92 Å². The summed E-state index contributed by atoms with van der Waals surface area (Å²) in [5.74, 6) is 0.644. The smallest absolute Gasteiger partial charge is 0.160 e. The molecule has 0 atom stereocenters. The van der Waals surface area contributed by atoms with Crippen molar-refractivity contribution in [3.05, 3.63) is 90.0 Å². The zero-order valence-corrected chi connectivity index (χ0v) is 16.0. The quantitative estimate of drug-likeness (QED) is 0.443. The van der Waals surface area contributed by atoms with Crippen LogP contribution in [0.5, 0.6) is 5.75 Å². The summed E-state index contributed by atoms with van der Waals surface area (Å²) >= 11 is 0. The molecule has 0 spiro atoms. The Morgan fingerprint density at radius 1 is 1.03 bits per heavy atom. The van der Waals surface area contributed by atoms with Crippen LogP contribution in [0.4, 0.5) is 5.69 Å². The molecule has 0 unspecified atom stereocenters. The molecule has 0 saturated heterocycles. The second kappa shape index (κ2) is 7.92. The summed E-state index contributed by atoms with van der Waals surface area (Å²) in [5.41, 5.74) is 7.47. The normalized spacial score (nSPS) is 12.6. The van der Waals surface area contributed by atoms with E-state index in [-0.39, 0.29) is 5.78 Å². The van der Waals surface area contributed by atoms with Gasteiger partial charge in [-0.25, -0.2) is 5.01 Å². The Balaban J connectivity index is 1.70. The van der Waals surface area contributed by atoms with Crippen LogP contribution < -0.4 is 9.75 Å². The van der Waals surface area contributed by atoms with Crippen LogP contribution in [-0.4, -0.2) is 17.9 Å². The molecule has 2 heterocycles. The van der Waals surface area contributed by atoms with E-state index in [2.05, 4.69) is 21.1 Å². The molecule has 4 rings (SSSR count). The first-order valence-corrected chi connectivity index (χ1v) is 9.05. The molecular weight excluding hydrogens is 364 g/mol. The van der Waals surface area contributed by atoms with Crippen molar-refractivity contribution in [1.29, 1.82) is 0 Å². The first-order valence-electron chi connectivity index (χ1n) is 9.05. The number of hydrogen-bond donors (Lipinski definition) is 0. The van der Waals surface area contributed by atoms with Crippen LogP contribution in [-0.2, 0) is 0 Å². The zero-order valence-electron chi connectivity index (χ0n) is 16.0. The van der Waals surface area contributed by atoms with E-state index >= 15 is 0 Å². The van der Waals surface area contributed by atoms with E-state index in [1.165, 1.54) is 0 Å². The minimum Gasteiger partial charge on any atom is -0.496 e. The minimum atomic E-state index is 0.00619. The Kier molecular flexibility index (Phi) is 5.01. The summed E-state index contributed by atoms with van der Waals surface area (Å²) in [7, 11) is 1.60. The Bertz CT molecular complexity index is 1160. The number of Topliss-reactive ketones (excluding diaryl/α,β-unsaturated/α-hetero) is 1. The molecular formula is C23H18N4O2. The number of pyridine rings is 1.